The van der Waals surface area contributed by atoms with Gasteiger partial charge in [-0.25, -0.2) is 8.78 Å². The van der Waals surface area contributed by atoms with Crippen molar-refractivity contribution in [3.63, 3.8) is 0 Å². The average molecular weight is 275 g/mol. The van der Waals surface area contributed by atoms with Crippen LogP contribution in [0.25, 0.3) is 10.9 Å². The topological polar surface area (TPSA) is 12.9 Å². The van der Waals surface area contributed by atoms with E-state index in [1.807, 2.05) is 18.2 Å². The zero-order valence-electron chi connectivity index (χ0n) is 11.7. The molecule has 1 aliphatic rings. The summed E-state index contributed by atoms with van der Waals surface area (Å²) in [7, 11) is 0. The van der Waals surface area contributed by atoms with Crippen LogP contribution < -0.4 is 0 Å². The van der Waals surface area contributed by atoms with E-state index >= 15 is 0 Å². The molecule has 3 rings (SSSR count). The number of fused-ring (bicyclic) bond motifs is 1. The number of rotatable bonds is 1. The van der Waals surface area contributed by atoms with Crippen LogP contribution in [0.5, 0.6) is 0 Å². The van der Waals surface area contributed by atoms with Crippen molar-refractivity contribution in [3.05, 3.63) is 41.6 Å². The lowest BCUT2D eigenvalue weighted by atomic mass is 9.94. The summed E-state index contributed by atoms with van der Waals surface area (Å²) < 4.78 is 26.9. The zero-order valence-corrected chi connectivity index (χ0v) is 11.7. The molecule has 1 unspecified atom stereocenters. The average Bonchev–Trinajstić information content (AvgIpc) is 2.60. The van der Waals surface area contributed by atoms with Crippen molar-refractivity contribution in [1.82, 2.24) is 4.98 Å². The Morgan fingerprint density at radius 3 is 2.80 bits per heavy atom. The molecule has 0 radical (unpaired) electrons. The Morgan fingerprint density at radius 1 is 1.15 bits per heavy atom. The van der Waals surface area contributed by atoms with Crippen LogP contribution in [0.2, 0.25) is 0 Å². The molecule has 20 heavy (non-hydrogen) atoms. The van der Waals surface area contributed by atoms with E-state index < -0.39 is 5.92 Å². The first kappa shape index (κ1) is 13.5. The fourth-order valence-electron chi connectivity index (χ4n) is 3.14. The highest BCUT2D eigenvalue weighted by Gasteiger charge is 2.33. The van der Waals surface area contributed by atoms with Gasteiger partial charge in [-0.3, -0.25) is 4.98 Å². The van der Waals surface area contributed by atoms with E-state index in [0.29, 0.717) is 12.8 Å². The second-order valence-electron chi connectivity index (χ2n) is 5.86. The Hall–Kier alpha value is -1.51. The van der Waals surface area contributed by atoms with Crippen LogP contribution in [-0.4, -0.2) is 10.9 Å². The number of benzene rings is 1. The third-order valence-corrected chi connectivity index (χ3v) is 4.31. The molecule has 0 saturated heterocycles. The summed E-state index contributed by atoms with van der Waals surface area (Å²) in [5.74, 6) is -2.31. The first-order valence-electron chi connectivity index (χ1n) is 7.29. The molecule has 1 aromatic carbocycles. The van der Waals surface area contributed by atoms with Crippen LogP contribution in [0.4, 0.5) is 8.78 Å². The van der Waals surface area contributed by atoms with E-state index in [1.54, 1.807) is 0 Å². The van der Waals surface area contributed by atoms with Crippen molar-refractivity contribution in [2.45, 2.75) is 50.9 Å². The van der Waals surface area contributed by atoms with Gasteiger partial charge in [0.05, 0.1) is 5.52 Å². The fraction of sp³-hybridized carbons (Fsp3) is 0.471. The van der Waals surface area contributed by atoms with Crippen LogP contribution in [0.15, 0.2) is 30.3 Å². The lowest BCUT2D eigenvalue weighted by Gasteiger charge is -2.16. The third-order valence-electron chi connectivity index (χ3n) is 4.31. The number of alkyl halides is 2. The zero-order chi connectivity index (χ0) is 14.2. The summed E-state index contributed by atoms with van der Waals surface area (Å²) >= 11 is 0. The molecule has 1 aliphatic carbocycles. The van der Waals surface area contributed by atoms with Crippen molar-refractivity contribution in [2.24, 2.45) is 0 Å². The standard InChI is InChI=1S/C17H19F2N/c1-12-11-16(20-15-7-3-2-6-14(12)15)13-5-4-9-17(18,19)10-8-13/h2-3,6-7,11,13H,4-5,8-10H2,1H3. The Morgan fingerprint density at radius 2 is 1.95 bits per heavy atom. The van der Waals surface area contributed by atoms with Gasteiger partial charge in [0.15, 0.2) is 0 Å². The summed E-state index contributed by atoms with van der Waals surface area (Å²) in [6, 6.07) is 10.1. The number of pyridine rings is 1. The molecule has 0 bridgehead atoms. The number of aromatic nitrogens is 1. The molecular weight excluding hydrogens is 256 g/mol. The lowest BCUT2D eigenvalue weighted by Crippen LogP contribution is -2.13. The molecule has 2 aromatic rings. The Labute approximate surface area is 118 Å². The molecule has 1 saturated carbocycles. The summed E-state index contributed by atoms with van der Waals surface area (Å²) in [6.07, 6.45) is 1.96. The quantitative estimate of drug-likeness (QED) is 0.650. The van der Waals surface area contributed by atoms with Crippen molar-refractivity contribution in [2.75, 3.05) is 0 Å². The fourth-order valence-corrected chi connectivity index (χ4v) is 3.14. The highest BCUT2D eigenvalue weighted by atomic mass is 19.3. The van der Waals surface area contributed by atoms with Crippen molar-refractivity contribution >= 4 is 10.9 Å². The second kappa shape index (κ2) is 5.12. The van der Waals surface area contributed by atoms with E-state index in [-0.39, 0.29) is 18.8 Å². The maximum Gasteiger partial charge on any atom is 0.248 e. The van der Waals surface area contributed by atoms with Gasteiger partial charge in [-0.05, 0) is 43.9 Å². The SMILES string of the molecule is Cc1cc(C2CCCC(F)(F)CC2)nc2ccccc12. The summed E-state index contributed by atoms with van der Waals surface area (Å²) in [4.78, 5) is 4.70. The van der Waals surface area contributed by atoms with Gasteiger partial charge in [0, 0.05) is 29.8 Å². The van der Waals surface area contributed by atoms with E-state index in [2.05, 4.69) is 19.1 Å². The summed E-state index contributed by atoms with van der Waals surface area (Å²) in [6.45, 7) is 2.07. The molecule has 0 N–H and O–H groups in total. The van der Waals surface area contributed by atoms with E-state index in [4.69, 9.17) is 4.98 Å². The van der Waals surface area contributed by atoms with Gasteiger partial charge < -0.3 is 0 Å². The van der Waals surface area contributed by atoms with Gasteiger partial charge in [0.25, 0.3) is 0 Å². The molecule has 106 valence electrons. The van der Waals surface area contributed by atoms with Gasteiger partial charge in [-0.2, -0.15) is 0 Å². The van der Waals surface area contributed by atoms with Crippen LogP contribution in [0.1, 0.15) is 49.3 Å². The third kappa shape index (κ3) is 2.67. The Balaban J connectivity index is 1.94. The van der Waals surface area contributed by atoms with E-state index in [9.17, 15) is 8.78 Å². The normalized spacial score (nSPS) is 22.6. The highest BCUT2D eigenvalue weighted by Crippen LogP contribution is 2.38. The van der Waals surface area contributed by atoms with Crippen molar-refractivity contribution in [3.8, 4) is 0 Å². The molecule has 3 heteroatoms. The van der Waals surface area contributed by atoms with Gasteiger partial charge in [0.2, 0.25) is 5.92 Å². The molecular formula is C17H19F2N. The molecule has 0 spiro atoms. The van der Waals surface area contributed by atoms with Crippen molar-refractivity contribution in [1.29, 1.82) is 0 Å². The number of halogens is 2. The summed E-state index contributed by atoms with van der Waals surface area (Å²) in [5, 5.41) is 1.15. The molecule has 1 heterocycles. The monoisotopic (exact) mass is 275 g/mol. The second-order valence-corrected chi connectivity index (χ2v) is 5.86. The molecule has 1 aromatic heterocycles. The number of aryl methyl sites for hydroxylation is 1. The van der Waals surface area contributed by atoms with Crippen molar-refractivity contribution < 1.29 is 8.78 Å². The number of para-hydroxylation sites is 1. The van der Waals surface area contributed by atoms with Crippen LogP contribution in [-0.2, 0) is 0 Å². The minimum absolute atomic E-state index is 0.00871. The predicted octanol–water partition coefficient (Wildman–Crippen LogP) is 5.23. The van der Waals surface area contributed by atoms with Crippen LogP contribution >= 0.6 is 0 Å². The molecule has 1 atom stereocenters. The minimum Gasteiger partial charge on any atom is -0.253 e. The Bertz CT molecular complexity index is 621. The van der Waals surface area contributed by atoms with Gasteiger partial charge >= 0.3 is 0 Å². The maximum absolute atomic E-state index is 13.5. The molecule has 1 fully saturated rings. The van der Waals surface area contributed by atoms with Crippen LogP contribution in [0, 0.1) is 6.92 Å². The molecule has 1 nitrogen and oxygen atoms in total. The first-order valence-corrected chi connectivity index (χ1v) is 7.29. The number of hydrogen-bond acceptors (Lipinski definition) is 1. The summed E-state index contributed by atoms with van der Waals surface area (Å²) in [5.41, 5.74) is 3.14. The van der Waals surface area contributed by atoms with Gasteiger partial charge in [0.1, 0.15) is 0 Å². The molecule has 0 aliphatic heterocycles. The Kier molecular flexibility index (Phi) is 3.45. The maximum atomic E-state index is 13.5. The minimum atomic E-state index is -2.49. The first-order chi connectivity index (χ1) is 9.55. The van der Waals surface area contributed by atoms with Gasteiger partial charge in [-0.15, -0.1) is 0 Å². The smallest absolute Gasteiger partial charge is 0.248 e. The number of nitrogens with zero attached hydrogens (tertiary/aromatic N) is 1. The van der Waals surface area contributed by atoms with Gasteiger partial charge in [-0.1, -0.05) is 18.2 Å². The highest BCUT2D eigenvalue weighted by molar-refractivity contribution is 5.82. The lowest BCUT2D eigenvalue weighted by molar-refractivity contribution is -0.0141. The molecule has 0 amide bonds. The predicted molar refractivity (Wildman–Crippen MR) is 77.3 cm³/mol. The van der Waals surface area contributed by atoms with E-state index in [0.717, 1.165) is 23.0 Å². The van der Waals surface area contributed by atoms with E-state index in [1.165, 1.54) is 5.56 Å². The van der Waals surface area contributed by atoms with Crippen LogP contribution in [0.3, 0.4) is 0 Å². The number of hydrogen-bond donors (Lipinski definition) is 0. The largest absolute Gasteiger partial charge is 0.253 e.